The molecule has 2 amide bonds. The fraction of sp³-hybridized carbons (Fsp3) is 0.333. The molecular weight excluding hydrogens is 278 g/mol. The van der Waals surface area contributed by atoms with Crippen LogP contribution in [0, 0.1) is 5.92 Å². The van der Waals surface area contributed by atoms with E-state index in [-0.39, 0.29) is 29.9 Å². The van der Waals surface area contributed by atoms with Crippen LogP contribution >= 0.6 is 0 Å². The first-order chi connectivity index (χ1) is 10.6. The Kier molecular flexibility index (Phi) is 2.84. The normalized spacial score (nSPS) is 24.7. The summed E-state index contributed by atoms with van der Waals surface area (Å²) < 4.78 is 5.45. The minimum Gasteiger partial charge on any atom is -0.370 e. The molecule has 22 heavy (non-hydrogen) atoms. The van der Waals surface area contributed by atoms with Gasteiger partial charge in [0.25, 0.3) is 11.8 Å². The smallest absolute Gasteiger partial charge is 0.261 e. The Hall–Kier alpha value is -2.20. The average molecular weight is 295 g/mol. The van der Waals surface area contributed by atoms with E-state index in [2.05, 4.69) is 0 Å². The summed E-state index contributed by atoms with van der Waals surface area (Å²) in [5.41, 5.74) is 1.03. The van der Waals surface area contributed by atoms with Crippen molar-refractivity contribution in [1.82, 2.24) is 4.90 Å². The van der Waals surface area contributed by atoms with Gasteiger partial charge in [-0.05, 0) is 29.8 Å². The zero-order chi connectivity index (χ0) is 15.4. The molecular formula is C18H17NO3. The number of epoxide rings is 1. The maximum atomic E-state index is 12.6. The highest BCUT2D eigenvalue weighted by molar-refractivity contribution is 6.23. The average Bonchev–Trinajstić information content (AvgIpc) is 3.22. The largest absolute Gasteiger partial charge is 0.370 e. The number of benzene rings is 2. The summed E-state index contributed by atoms with van der Waals surface area (Å²) in [6.07, 6.45) is 0.385. The predicted octanol–water partition coefficient (Wildman–Crippen LogP) is 2.86. The quantitative estimate of drug-likeness (QED) is 0.646. The number of carbonyl (C=O) groups is 2. The van der Waals surface area contributed by atoms with Crippen molar-refractivity contribution in [2.45, 2.75) is 26.1 Å². The fourth-order valence-corrected chi connectivity index (χ4v) is 3.33. The standard InChI is InChI=1S/C18H17NO3/c1-10(16-11(2)22-16)9-19-17(20)14-7-12-5-3-4-6-13(12)8-15(14)18(19)21/h3-8,10-11,16H,9H2,1-2H3. The van der Waals surface area contributed by atoms with Gasteiger partial charge < -0.3 is 4.74 Å². The lowest BCUT2D eigenvalue weighted by Gasteiger charge is -2.17. The van der Waals surface area contributed by atoms with Crippen molar-refractivity contribution in [3.05, 3.63) is 47.5 Å². The van der Waals surface area contributed by atoms with Crippen molar-refractivity contribution in [2.24, 2.45) is 5.92 Å². The molecule has 4 nitrogen and oxygen atoms in total. The Bertz CT molecular complexity index is 744. The summed E-state index contributed by atoms with van der Waals surface area (Å²) in [4.78, 5) is 26.5. The van der Waals surface area contributed by atoms with Crippen molar-refractivity contribution in [1.29, 1.82) is 0 Å². The van der Waals surface area contributed by atoms with E-state index in [0.29, 0.717) is 17.7 Å². The highest BCUT2D eigenvalue weighted by Gasteiger charge is 2.43. The third kappa shape index (κ3) is 1.95. The molecule has 0 aromatic heterocycles. The van der Waals surface area contributed by atoms with E-state index in [4.69, 9.17) is 4.74 Å². The molecule has 0 saturated carbocycles. The number of hydrogen-bond donors (Lipinski definition) is 0. The Morgan fingerprint density at radius 3 is 2.05 bits per heavy atom. The second-order valence-electron chi connectivity index (χ2n) is 6.25. The van der Waals surface area contributed by atoms with Crippen LogP contribution in [0.1, 0.15) is 34.6 Å². The number of imide groups is 1. The van der Waals surface area contributed by atoms with Crippen LogP contribution in [0.25, 0.3) is 10.8 Å². The minimum absolute atomic E-state index is 0.156. The Labute approximate surface area is 128 Å². The molecule has 3 atom stereocenters. The molecule has 2 heterocycles. The maximum Gasteiger partial charge on any atom is 0.261 e. The molecule has 1 saturated heterocycles. The maximum absolute atomic E-state index is 12.6. The van der Waals surface area contributed by atoms with Crippen LogP contribution in [0.3, 0.4) is 0 Å². The van der Waals surface area contributed by atoms with Gasteiger partial charge in [-0.2, -0.15) is 0 Å². The number of ether oxygens (including phenoxy) is 1. The number of nitrogens with zero attached hydrogens (tertiary/aromatic N) is 1. The van der Waals surface area contributed by atoms with E-state index in [1.54, 1.807) is 0 Å². The van der Waals surface area contributed by atoms with Gasteiger partial charge in [-0.3, -0.25) is 14.5 Å². The van der Waals surface area contributed by atoms with Crippen LogP contribution in [0.15, 0.2) is 36.4 Å². The first-order valence-corrected chi connectivity index (χ1v) is 7.60. The highest BCUT2D eigenvalue weighted by Crippen LogP contribution is 2.32. The highest BCUT2D eigenvalue weighted by atomic mass is 16.6. The molecule has 1 fully saturated rings. The van der Waals surface area contributed by atoms with Crippen LogP contribution in [0.5, 0.6) is 0 Å². The number of fused-ring (bicyclic) bond motifs is 2. The third-order valence-electron chi connectivity index (χ3n) is 4.63. The molecule has 0 radical (unpaired) electrons. The molecule has 0 spiro atoms. The van der Waals surface area contributed by atoms with Crippen molar-refractivity contribution >= 4 is 22.6 Å². The third-order valence-corrected chi connectivity index (χ3v) is 4.63. The van der Waals surface area contributed by atoms with Crippen LogP contribution in [0.4, 0.5) is 0 Å². The summed E-state index contributed by atoms with van der Waals surface area (Å²) in [5, 5.41) is 1.97. The summed E-state index contributed by atoms with van der Waals surface area (Å²) in [7, 11) is 0. The zero-order valence-electron chi connectivity index (χ0n) is 12.6. The van der Waals surface area contributed by atoms with Crippen LogP contribution in [-0.2, 0) is 4.74 Å². The lowest BCUT2D eigenvalue weighted by Crippen LogP contribution is -2.35. The van der Waals surface area contributed by atoms with Gasteiger partial charge in [0.1, 0.15) is 0 Å². The van der Waals surface area contributed by atoms with Gasteiger partial charge in [-0.25, -0.2) is 0 Å². The van der Waals surface area contributed by atoms with Gasteiger partial charge in [-0.15, -0.1) is 0 Å². The molecule has 2 aliphatic heterocycles. The monoisotopic (exact) mass is 295 g/mol. The molecule has 112 valence electrons. The predicted molar refractivity (Wildman–Crippen MR) is 82.8 cm³/mol. The molecule has 0 aliphatic carbocycles. The van der Waals surface area contributed by atoms with Gasteiger partial charge in [0.15, 0.2) is 0 Å². The summed E-state index contributed by atoms with van der Waals surface area (Å²) in [5.74, 6) is -0.219. The van der Waals surface area contributed by atoms with Crippen LogP contribution in [0.2, 0.25) is 0 Å². The SMILES string of the molecule is CC(CN1C(=O)c2cc3ccccc3cc2C1=O)C1OC1C. The van der Waals surface area contributed by atoms with E-state index in [1.165, 1.54) is 4.90 Å². The van der Waals surface area contributed by atoms with Crippen LogP contribution < -0.4 is 0 Å². The van der Waals surface area contributed by atoms with Gasteiger partial charge in [-0.1, -0.05) is 31.2 Å². The zero-order valence-corrected chi connectivity index (χ0v) is 12.6. The molecule has 2 aromatic rings. The molecule has 4 heteroatoms. The summed E-state index contributed by atoms with van der Waals surface area (Å²) in [6.45, 7) is 4.45. The van der Waals surface area contributed by atoms with E-state index < -0.39 is 0 Å². The fourth-order valence-electron chi connectivity index (χ4n) is 3.33. The first-order valence-electron chi connectivity index (χ1n) is 7.60. The molecule has 2 aliphatic rings. The number of amides is 2. The molecule has 2 aromatic carbocycles. The van der Waals surface area contributed by atoms with E-state index in [9.17, 15) is 9.59 Å². The molecule has 0 bridgehead atoms. The van der Waals surface area contributed by atoms with Gasteiger partial charge in [0.05, 0.1) is 23.3 Å². The van der Waals surface area contributed by atoms with E-state index in [0.717, 1.165) is 10.8 Å². The van der Waals surface area contributed by atoms with Crippen molar-refractivity contribution in [2.75, 3.05) is 6.54 Å². The topological polar surface area (TPSA) is 49.9 Å². The van der Waals surface area contributed by atoms with Gasteiger partial charge >= 0.3 is 0 Å². The van der Waals surface area contributed by atoms with Gasteiger partial charge in [0, 0.05) is 12.5 Å². The molecule has 0 N–H and O–H groups in total. The van der Waals surface area contributed by atoms with E-state index in [1.807, 2.05) is 50.2 Å². The second-order valence-corrected chi connectivity index (χ2v) is 6.25. The van der Waals surface area contributed by atoms with Crippen molar-refractivity contribution < 1.29 is 14.3 Å². The first kappa shape index (κ1) is 13.5. The Morgan fingerprint density at radius 1 is 1.09 bits per heavy atom. The lowest BCUT2D eigenvalue weighted by molar-refractivity contribution is 0.0625. The van der Waals surface area contributed by atoms with Crippen molar-refractivity contribution in [3.8, 4) is 0 Å². The summed E-state index contributed by atoms with van der Waals surface area (Å²) in [6, 6.07) is 11.4. The molecule has 4 rings (SSSR count). The second kappa shape index (κ2) is 4.65. The Balaban J connectivity index is 1.68. The van der Waals surface area contributed by atoms with E-state index >= 15 is 0 Å². The van der Waals surface area contributed by atoms with Crippen LogP contribution in [-0.4, -0.2) is 35.5 Å². The molecule has 3 unspecified atom stereocenters. The van der Waals surface area contributed by atoms with Gasteiger partial charge in [0.2, 0.25) is 0 Å². The van der Waals surface area contributed by atoms with Crippen molar-refractivity contribution in [3.63, 3.8) is 0 Å². The summed E-state index contributed by atoms with van der Waals surface area (Å²) >= 11 is 0. The minimum atomic E-state index is -0.189. The lowest BCUT2D eigenvalue weighted by atomic mass is 10.0. The number of carbonyl (C=O) groups excluding carboxylic acids is 2. The number of hydrogen-bond acceptors (Lipinski definition) is 3. The Morgan fingerprint density at radius 2 is 1.59 bits per heavy atom. The number of rotatable bonds is 3.